The van der Waals surface area contributed by atoms with Crippen molar-refractivity contribution in [3.8, 4) is 0 Å². The molecule has 2 rings (SSSR count). The monoisotopic (exact) mass is 323 g/mol. The van der Waals surface area contributed by atoms with E-state index < -0.39 is 4.92 Å². The lowest BCUT2D eigenvalue weighted by Gasteiger charge is -2.07. The first-order valence-corrected chi connectivity index (χ1v) is 6.17. The number of halogens is 1. The number of aliphatic hydroxyl groups excluding tert-OH is 1. The Labute approximate surface area is 117 Å². The van der Waals surface area contributed by atoms with Crippen molar-refractivity contribution in [3.63, 3.8) is 0 Å². The smallest absolute Gasteiger partial charge is 0.311 e. The van der Waals surface area contributed by atoms with Gasteiger partial charge in [-0.05, 0) is 39.7 Å². The Morgan fingerprint density at radius 3 is 2.53 bits per heavy atom. The highest BCUT2D eigenvalue weighted by molar-refractivity contribution is 9.10. The normalized spacial score (nSPS) is 10.2. The predicted molar refractivity (Wildman–Crippen MR) is 74.2 cm³/mol. The molecule has 0 spiro atoms. The zero-order valence-electron chi connectivity index (χ0n) is 9.71. The number of nitrogens with zero attached hydrogens (tertiary/aromatic N) is 2. The molecule has 7 heteroatoms. The van der Waals surface area contributed by atoms with E-state index in [1.54, 1.807) is 24.3 Å². The predicted octanol–water partition coefficient (Wildman–Crippen LogP) is 2.99. The first-order valence-electron chi connectivity index (χ1n) is 5.38. The van der Waals surface area contributed by atoms with E-state index in [2.05, 4.69) is 26.2 Å². The van der Waals surface area contributed by atoms with Gasteiger partial charge in [-0.1, -0.05) is 12.1 Å². The molecule has 0 aliphatic carbocycles. The molecule has 0 aliphatic rings. The molecule has 0 bridgehead atoms. The van der Waals surface area contributed by atoms with Crippen LogP contribution in [0.4, 0.5) is 17.2 Å². The Morgan fingerprint density at radius 1 is 1.26 bits per heavy atom. The fraction of sp³-hybridized carbons (Fsp3) is 0.0833. The molecule has 0 amide bonds. The first-order chi connectivity index (χ1) is 9.10. The minimum absolute atomic E-state index is 0.0461. The van der Waals surface area contributed by atoms with Gasteiger partial charge < -0.3 is 10.4 Å². The molecular weight excluding hydrogens is 314 g/mol. The van der Waals surface area contributed by atoms with Gasteiger partial charge in [0.15, 0.2) is 0 Å². The molecule has 0 saturated carbocycles. The third-order valence-electron chi connectivity index (χ3n) is 2.44. The topological polar surface area (TPSA) is 88.3 Å². The van der Waals surface area contributed by atoms with Crippen molar-refractivity contribution >= 4 is 33.1 Å². The number of aromatic nitrogens is 1. The highest BCUT2D eigenvalue weighted by Gasteiger charge is 2.15. The summed E-state index contributed by atoms with van der Waals surface area (Å²) in [4.78, 5) is 14.5. The second-order valence-corrected chi connectivity index (χ2v) is 4.55. The molecule has 19 heavy (non-hydrogen) atoms. The quantitative estimate of drug-likeness (QED) is 0.513. The van der Waals surface area contributed by atoms with Crippen molar-refractivity contribution in [1.29, 1.82) is 0 Å². The average Bonchev–Trinajstić information content (AvgIpc) is 2.39. The zero-order valence-corrected chi connectivity index (χ0v) is 11.3. The third-order valence-corrected chi connectivity index (χ3v) is 2.88. The summed E-state index contributed by atoms with van der Waals surface area (Å²) < 4.78 is 0.507. The van der Waals surface area contributed by atoms with E-state index >= 15 is 0 Å². The standard InChI is InChI=1S/C12H10BrN3O3/c13-11-6-5-10(16(18)19)12(15-11)14-9-3-1-8(7-17)2-4-9/h1-6,17H,7H2,(H,14,15). The Hall–Kier alpha value is -1.99. The number of hydrogen-bond donors (Lipinski definition) is 2. The number of nitro groups is 1. The van der Waals surface area contributed by atoms with Gasteiger partial charge >= 0.3 is 5.69 Å². The number of nitrogens with one attached hydrogen (secondary N) is 1. The molecular formula is C12H10BrN3O3. The second kappa shape index (κ2) is 5.77. The van der Waals surface area contributed by atoms with Crippen LogP contribution >= 0.6 is 15.9 Å². The highest BCUT2D eigenvalue weighted by atomic mass is 79.9. The van der Waals surface area contributed by atoms with Gasteiger partial charge in [0.05, 0.1) is 11.5 Å². The molecule has 0 saturated heterocycles. The van der Waals surface area contributed by atoms with Gasteiger partial charge in [-0.15, -0.1) is 0 Å². The lowest BCUT2D eigenvalue weighted by molar-refractivity contribution is -0.384. The van der Waals surface area contributed by atoms with Crippen LogP contribution in [-0.4, -0.2) is 15.0 Å². The molecule has 0 aliphatic heterocycles. The van der Waals surface area contributed by atoms with E-state index in [4.69, 9.17) is 5.11 Å². The van der Waals surface area contributed by atoms with Crippen molar-refractivity contribution in [1.82, 2.24) is 4.98 Å². The van der Waals surface area contributed by atoms with Crippen LogP contribution in [-0.2, 0) is 6.61 Å². The Balaban J connectivity index is 2.31. The van der Waals surface area contributed by atoms with Crippen LogP contribution < -0.4 is 5.32 Å². The molecule has 2 N–H and O–H groups in total. The van der Waals surface area contributed by atoms with Gasteiger partial charge in [0, 0.05) is 11.8 Å². The molecule has 0 atom stereocenters. The Bertz CT molecular complexity index is 602. The second-order valence-electron chi connectivity index (χ2n) is 3.74. The van der Waals surface area contributed by atoms with E-state index in [1.165, 1.54) is 12.1 Å². The lowest BCUT2D eigenvalue weighted by atomic mass is 10.2. The van der Waals surface area contributed by atoms with Crippen molar-refractivity contribution < 1.29 is 10.0 Å². The van der Waals surface area contributed by atoms with E-state index in [9.17, 15) is 10.1 Å². The molecule has 1 aromatic heterocycles. The van der Waals surface area contributed by atoms with Crippen molar-refractivity contribution in [2.24, 2.45) is 0 Å². The average molecular weight is 324 g/mol. The van der Waals surface area contributed by atoms with Gasteiger partial charge in [0.1, 0.15) is 4.60 Å². The largest absolute Gasteiger partial charge is 0.392 e. The minimum Gasteiger partial charge on any atom is -0.392 e. The van der Waals surface area contributed by atoms with Gasteiger partial charge in [-0.2, -0.15) is 0 Å². The van der Waals surface area contributed by atoms with E-state index in [0.29, 0.717) is 10.3 Å². The molecule has 0 radical (unpaired) electrons. The van der Waals surface area contributed by atoms with Gasteiger partial charge in [0.25, 0.3) is 0 Å². The fourth-order valence-corrected chi connectivity index (χ4v) is 1.81. The van der Waals surface area contributed by atoms with E-state index in [-0.39, 0.29) is 18.1 Å². The van der Waals surface area contributed by atoms with Crippen LogP contribution in [0.2, 0.25) is 0 Å². The van der Waals surface area contributed by atoms with Gasteiger partial charge in [-0.25, -0.2) is 4.98 Å². The molecule has 0 unspecified atom stereocenters. The summed E-state index contributed by atoms with van der Waals surface area (Å²) in [6.45, 7) is -0.0461. The number of hydrogen-bond acceptors (Lipinski definition) is 5. The van der Waals surface area contributed by atoms with E-state index in [0.717, 1.165) is 5.56 Å². The number of pyridine rings is 1. The maximum atomic E-state index is 10.9. The summed E-state index contributed by atoms with van der Waals surface area (Å²) in [5.41, 5.74) is 1.32. The summed E-state index contributed by atoms with van der Waals surface area (Å²) in [6.07, 6.45) is 0. The van der Waals surface area contributed by atoms with Gasteiger partial charge in [-0.3, -0.25) is 10.1 Å². The van der Waals surface area contributed by atoms with Crippen LogP contribution in [0.1, 0.15) is 5.56 Å². The van der Waals surface area contributed by atoms with Crippen LogP contribution in [0.3, 0.4) is 0 Å². The summed E-state index contributed by atoms with van der Waals surface area (Å²) in [5, 5.41) is 22.7. The maximum Gasteiger partial charge on any atom is 0.311 e. The Kier molecular flexibility index (Phi) is 4.08. The molecule has 6 nitrogen and oxygen atoms in total. The summed E-state index contributed by atoms with van der Waals surface area (Å²) >= 11 is 3.17. The summed E-state index contributed by atoms with van der Waals surface area (Å²) in [6, 6.07) is 9.79. The van der Waals surface area contributed by atoms with Crippen LogP contribution in [0, 0.1) is 10.1 Å². The number of anilines is 2. The highest BCUT2D eigenvalue weighted by Crippen LogP contribution is 2.27. The molecule has 2 aromatic rings. The van der Waals surface area contributed by atoms with Crippen molar-refractivity contribution in [3.05, 3.63) is 56.7 Å². The molecule has 1 heterocycles. The number of aliphatic hydroxyl groups is 1. The SMILES string of the molecule is O=[N+]([O-])c1ccc(Br)nc1Nc1ccc(CO)cc1. The molecule has 98 valence electrons. The van der Waals surface area contributed by atoms with Crippen LogP contribution in [0.25, 0.3) is 0 Å². The van der Waals surface area contributed by atoms with Crippen molar-refractivity contribution in [2.75, 3.05) is 5.32 Å². The van der Waals surface area contributed by atoms with E-state index in [1.807, 2.05) is 0 Å². The fourth-order valence-electron chi connectivity index (χ4n) is 1.50. The maximum absolute atomic E-state index is 10.9. The van der Waals surface area contributed by atoms with Crippen molar-refractivity contribution in [2.45, 2.75) is 6.61 Å². The number of benzene rings is 1. The third kappa shape index (κ3) is 3.27. The summed E-state index contributed by atoms with van der Waals surface area (Å²) in [5.74, 6) is 0.163. The summed E-state index contributed by atoms with van der Waals surface area (Å²) in [7, 11) is 0. The van der Waals surface area contributed by atoms with Gasteiger partial charge in [0.2, 0.25) is 5.82 Å². The number of rotatable bonds is 4. The lowest BCUT2D eigenvalue weighted by Crippen LogP contribution is -2.00. The molecule has 1 aromatic carbocycles. The zero-order chi connectivity index (χ0) is 13.8. The van der Waals surface area contributed by atoms with Crippen LogP contribution in [0.15, 0.2) is 41.0 Å². The first kappa shape index (κ1) is 13.4. The Morgan fingerprint density at radius 2 is 1.95 bits per heavy atom. The molecule has 0 fully saturated rings. The van der Waals surface area contributed by atoms with Crippen LogP contribution in [0.5, 0.6) is 0 Å². The minimum atomic E-state index is -0.496.